The minimum Gasteiger partial charge on any atom is -0.374 e. The van der Waals surface area contributed by atoms with E-state index in [9.17, 15) is 0 Å². The molecule has 2 fully saturated rings. The zero-order valence-electron chi connectivity index (χ0n) is 12.9. The van der Waals surface area contributed by atoms with E-state index in [4.69, 9.17) is 4.74 Å². The van der Waals surface area contributed by atoms with Crippen LogP contribution in [0.5, 0.6) is 0 Å². The highest BCUT2D eigenvalue weighted by atomic mass is 32.1. The van der Waals surface area contributed by atoms with Crippen molar-refractivity contribution in [3.05, 3.63) is 16.1 Å². The monoisotopic (exact) mass is 295 g/mol. The van der Waals surface area contributed by atoms with Crippen LogP contribution in [0.2, 0.25) is 0 Å². The van der Waals surface area contributed by atoms with Crippen molar-refractivity contribution in [3.63, 3.8) is 0 Å². The molecule has 1 aromatic rings. The van der Waals surface area contributed by atoms with Gasteiger partial charge in [-0.15, -0.1) is 11.3 Å². The minimum absolute atomic E-state index is 0.158. The number of ether oxygens (including phenoxy) is 1. The Labute approximate surface area is 125 Å². The summed E-state index contributed by atoms with van der Waals surface area (Å²) in [7, 11) is 2.22. The molecule has 20 heavy (non-hydrogen) atoms. The summed E-state index contributed by atoms with van der Waals surface area (Å²) in [6.45, 7) is 11.8. The lowest BCUT2D eigenvalue weighted by atomic mass is 9.98. The fraction of sp³-hybridized carbons (Fsp3) is 0.800. The average molecular weight is 295 g/mol. The number of likely N-dealkylation sites (N-methyl/N-ethyl adjacent to an activating group) is 1. The van der Waals surface area contributed by atoms with E-state index in [1.807, 2.05) is 11.3 Å². The zero-order valence-corrected chi connectivity index (χ0v) is 13.7. The number of rotatable bonds is 2. The molecular formula is C15H25N3OS. The van der Waals surface area contributed by atoms with E-state index >= 15 is 0 Å². The van der Waals surface area contributed by atoms with Gasteiger partial charge in [-0.2, -0.15) is 0 Å². The summed E-state index contributed by atoms with van der Waals surface area (Å²) in [5.41, 5.74) is 0.158. The van der Waals surface area contributed by atoms with Crippen molar-refractivity contribution < 1.29 is 4.74 Å². The third-order valence-electron chi connectivity index (χ3n) is 4.23. The van der Waals surface area contributed by atoms with E-state index in [2.05, 4.69) is 48.8 Å². The van der Waals surface area contributed by atoms with Crippen LogP contribution in [0.15, 0.2) is 6.20 Å². The standard InChI is InChI=1S/C15H25N3OS/c1-15(2,3)14-16-7-11(20-14)8-18-9-12-13(10-18)19-6-5-17(12)4/h7,12-13H,5-6,8-10H2,1-4H3. The number of nitrogens with zero attached hydrogens (tertiary/aromatic N) is 3. The summed E-state index contributed by atoms with van der Waals surface area (Å²) >= 11 is 1.85. The van der Waals surface area contributed by atoms with Gasteiger partial charge < -0.3 is 4.74 Å². The van der Waals surface area contributed by atoms with Crippen LogP contribution in [0.4, 0.5) is 0 Å². The molecule has 112 valence electrons. The van der Waals surface area contributed by atoms with Gasteiger partial charge >= 0.3 is 0 Å². The number of morpholine rings is 1. The lowest BCUT2D eigenvalue weighted by molar-refractivity contribution is -0.0370. The highest BCUT2D eigenvalue weighted by Gasteiger charge is 2.38. The van der Waals surface area contributed by atoms with Crippen LogP contribution in [-0.4, -0.2) is 60.2 Å². The van der Waals surface area contributed by atoms with Crippen molar-refractivity contribution in [1.82, 2.24) is 14.8 Å². The van der Waals surface area contributed by atoms with Gasteiger partial charge in [0.1, 0.15) is 0 Å². The Morgan fingerprint density at radius 1 is 1.40 bits per heavy atom. The molecule has 0 amide bonds. The van der Waals surface area contributed by atoms with Crippen molar-refractivity contribution >= 4 is 11.3 Å². The first-order valence-electron chi connectivity index (χ1n) is 7.43. The molecule has 1 aromatic heterocycles. The third-order valence-corrected chi connectivity index (χ3v) is 5.64. The summed E-state index contributed by atoms with van der Waals surface area (Å²) in [6.07, 6.45) is 2.45. The molecule has 0 bridgehead atoms. The van der Waals surface area contributed by atoms with Crippen LogP contribution in [0.1, 0.15) is 30.7 Å². The van der Waals surface area contributed by atoms with Crippen molar-refractivity contribution in [2.45, 2.75) is 44.9 Å². The molecule has 2 aliphatic rings. The number of hydrogen-bond donors (Lipinski definition) is 0. The Bertz CT molecular complexity index is 468. The number of hydrogen-bond acceptors (Lipinski definition) is 5. The molecule has 2 aliphatic heterocycles. The van der Waals surface area contributed by atoms with E-state index in [1.54, 1.807) is 0 Å². The third kappa shape index (κ3) is 2.91. The maximum atomic E-state index is 5.90. The van der Waals surface area contributed by atoms with Crippen molar-refractivity contribution in [3.8, 4) is 0 Å². The molecule has 0 saturated carbocycles. The van der Waals surface area contributed by atoms with Crippen LogP contribution in [0.3, 0.4) is 0 Å². The van der Waals surface area contributed by atoms with Crippen LogP contribution >= 0.6 is 11.3 Å². The highest BCUT2D eigenvalue weighted by Crippen LogP contribution is 2.29. The molecule has 5 heteroatoms. The number of likely N-dealkylation sites (tertiary alicyclic amines) is 1. The van der Waals surface area contributed by atoms with Gasteiger partial charge in [-0.25, -0.2) is 4.98 Å². The molecule has 2 unspecified atom stereocenters. The first kappa shape index (κ1) is 14.4. The predicted octanol–water partition coefficient (Wildman–Crippen LogP) is 1.96. The molecule has 2 saturated heterocycles. The van der Waals surface area contributed by atoms with E-state index < -0.39 is 0 Å². The Morgan fingerprint density at radius 2 is 2.20 bits per heavy atom. The zero-order chi connectivity index (χ0) is 14.3. The molecule has 0 N–H and O–H groups in total. The minimum atomic E-state index is 0.158. The lowest BCUT2D eigenvalue weighted by Gasteiger charge is -2.33. The second-order valence-corrected chi connectivity index (χ2v) is 8.15. The molecule has 3 rings (SSSR count). The van der Waals surface area contributed by atoms with E-state index in [-0.39, 0.29) is 5.41 Å². The smallest absolute Gasteiger partial charge is 0.0981 e. The quantitative estimate of drug-likeness (QED) is 0.834. The van der Waals surface area contributed by atoms with Gasteiger partial charge in [0.05, 0.1) is 17.7 Å². The molecule has 0 aliphatic carbocycles. The van der Waals surface area contributed by atoms with Gasteiger partial charge in [0.2, 0.25) is 0 Å². The van der Waals surface area contributed by atoms with Crippen molar-refractivity contribution in [1.29, 1.82) is 0 Å². The molecule has 0 spiro atoms. The summed E-state index contributed by atoms with van der Waals surface area (Å²) in [4.78, 5) is 10.9. The highest BCUT2D eigenvalue weighted by molar-refractivity contribution is 7.11. The topological polar surface area (TPSA) is 28.6 Å². The van der Waals surface area contributed by atoms with Crippen molar-refractivity contribution in [2.24, 2.45) is 0 Å². The molecule has 3 heterocycles. The van der Waals surface area contributed by atoms with E-state index in [0.717, 1.165) is 32.8 Å². The predicted molar refractivity (Wildman–Crippen MR) is 82.2 cm³/mol. The molecule has 4 nitrogen and oxygen atoms in total. The van der Waals surface area contributed by atoms with Gasteiger partial charge in [0.25, 0.3) is 0 Å². The fourth-order valence-electron chi connectivity index (χ4n) is 3.01. The van der Waals surface area contributed by atoms with Gasteiger partial charge in [0.15, 0.2) is 0 Å². The van der Waals surface area contributed by atoms with Gasteiger partial charge in [-0.3, -0.25) is 9.80 Å². The first-order chi connectivity index (χ1) is 9.43. The lowest BCUT2D eigenvalue weighted by Crippen LogP contribution is -2.48. The average Bonchev–Trinajstić information content (AvgIpc) is 2.96. The SMILES string of the molecule is CN1CCOC2CN(Cc3cnc(C(C)(C)C)s3)CC21. The second-order valence-electron chi connectivity index (χ2n) is 7.03. The Balaban J connectivity index is 1.63. The Kier molecular flexibility index (Phi) is 3.88. The van der Waals surface area contributed by atoms with Crippen LogP contribution < -0.4 is 0 Å². The molecule has 0 aromatic carbocycles. The largest absolute Gasteiger partial charge is 0.374 e. The summed E-state index contributed by atoms with van der Waals surface area (Å²) in [6, 6.07) is 0.568. The first-order valence-corrected chi connectivity index (χ1v) is 8.24. The molecule has 2 atom stereocenters. The number of fused-ring (bicyclic) bond motifs is 1. The van der Waals surface area contributed by atoms with Crippen molar-refractivity contribution in [2.75, 3.05) is 33.3 Å². The van der Waals surface area contributed by atoms with Gasteiger partial charge in [-0.05, 0) is 7.05 Å². The van der Waals surface area contributed by atoms with Gasteiger partial charge in [0, 0.05) is 48.7 Å². The summed E-state index contributed by atoms with van der Waals surface area (Å²) < 4.78 is 5.90. The van der Waals surface area contributed by atoms with Crippen LogP contribution in [0, 0.1) is 0 Å². The summed E-state index contributed by atoms with van der Waals surface area (Å²) in [5, 5.41) is 1.23. The van der Waals surface area contributed by atoms with Crippen LogP contribution in [0.25, 0.3) is 0 Å². The number of aromatic nitrogens is 1. The Morgan fingerprint density at radius 3 is 2.85 bits per heavy atom. The Hall–Kier alpha value is -0.490. The summed E-state index contributed by atoms with van der Waals surface area (Å²) in [5.74, 6) is 0. The second kappa shape index (κ2) is 5.37. The number of thiazole rings is 1. The van der Waals surface area contributed by atoms with E-state index in [1.165, 1.54) is 9.88 Å². The maximum absolute atomic E-state index is 5.90. The van der Waals surface area contributed by atoms with Crippen LogP contribution in [-0.2, 0) is 16.7 Å². The maximum Gasteiger partial charge on any atom is 0.0981 e. The van der Waals surface area contributed by atoms with E-state index in [0.29, 0.717) is 12.1 Å². The fourth-order valence-corrected chi connectivity index (χ4v) is 4.02. The van der Waals surface area contributed by atoms with Gasteiger partial charge in [-0.1, -0.05) is 20.8 Å². The molecular weight excluding hydrogens is 270 g/mol. The molecule has 0 radical (unpaired) electrons. The normalized spacial score (nSPS) is 28.8.